The van der Waals surface area contributed by atoms with Crippen LogP contribution < -0.4 is 0 Å². The van der Waals surface area contributed by atoms with Crippen LogP contribution in [0.3, 0.4) is 0 Å². The molecule has 2 fully saturated rings. The van der Waals surface area contributed by atoms with E-state index in [0.717, 1.165) is 45.3 Å². The lowest BCUT2D eigenvalue weighted by molar-refractivity contribution is 0.0599. The lowest BCUT2D eigenvalue weighted by Gasteiger charge is -2.32. The number of sulfone groups is 1. The molecule has 2 rings (SSSR count). The molecule has 18 heavy (non-hydrogen) atoms. The van der Waals surface area contributed by atoms with Gasteiger partial charge in [-0.3, -0.25) is 0 Å². The molecule has 1 heterocycles. The molecular weight excluding hydrogens is 252 g/mol. The molecule has 1 aliphatic carbocycles. The summed E-state index contributed by atoms with van der Waals surface area (Å²) in [5.74, 6) is 0.609. The Morgan fingerprint density at radius 3 is 2.72 bits per heavy atom. The van der Waals surface area contributed by atoms with Crippen molar-refractivity contribution < 1.29 is 18.3 Å². The number of hydrogen-bond donors (Lipinski definition) is 1. The van der Waals surface area contributed by atoms with Gasteiger partial charge in [-0.15, -0.1) is 0 Å². The molecule has 1 saturated carbocycles. The smallest absolute Gasteiger partial charge is 0.150 e. The maximum Gasteiger partial charge on any atom is 0.150 e. The molecule has 1 N–H and O–H groups in total. The van der Waals surface area contributed by atoms with E-state index in [1.54, 1.807) is 0 Å². The molecule has 0 radical (unpaired) electrons. The molecule has 4 unspecified atom stereocenters. The molecule has 1 aliphatic heterocycles. The predicted molar refractivity (Wildman–Crippen MR) is 70.1 cm³/mol. The summed E-state index contributed by atoms with van der Waals surface area (Å²) in [4.78, 5) is 0. The summed E-state index contributed by atoms with van der Waals surface area (Å²) in [5.41, 5.74) is 0. The zero-order chi connectivity index (χ0) is 13.2. The van der Waals surface area contributed by atoms with Gasteiger partial charge in [-0.25, -0.2) is 8.42 Å². The molecule has 0 bridgehead atoms. The van der Waals surface area contributed by atoms with Gasteiger partial charge in [0, 0.05) is 19.5 Å². The highest BCUT2D eigenvalue weighted by molar-refractivity contribution is 7.91. The first kappa shape index (κ1) is 14.3. The third-order valence-electron chi connectivity index (χ3n) is 4.42. The number of aliphatic hydroxyl groups is 1. The van der Waals surface area contributed by atoms with Gasteiger partial charge in [0.15, 0.2) is 0 Å². The zero-order valence-electron chi connectivity index (χ0n) is 11.0. The summed E-state index contributed by atoms with van der Waals surface area (Å²) >= 11 is 0. The van der Waals surface area contributed by atoms with Crippen LogP contribution in [0.1, 0.15) is 38.5 Å². The number of hydrogen-bond acceptors (Lipinski definition) is 4. The quantitative estimate of drug-likeness (QED) is 0.842. The predicted octanol–water partition coefficient (Wildman–Crippen LogP) is 1.38. The molecule has 0 spiro atoms. The fourth-order valence-corrected chi connectivity index (χ4v) is 4.41. The summed E-state index contributed by atoms with van der Waals surface area (Å²) in [6.45, 7) is 1.55. The van der Waals surface area contributed by atoms with E-state index >= 15 is 0 Å². The van der Waals surface area contributed by atoms with Crippen molar-refractivity contribution in [3.63, 3.8) is 0 Å². The van der Waals surface area contributed by atoms with Crippen molar-refractivity contribution in [3.05, 3.63) is 0 Å². The Hall–Kier alpha value is -0.130. The highest BCUT2D eigenvalue weighted by Crippen LogP contribution is 2.33. The third kappa shape index (κ3) is 3.68. The van der Waals surface area contributed by atoms with Crippen LogP contribution in [-0.2, 0) is 14.6 Å². The average Bonchev–Trinajstić information content (AvgIpc) is 2.81. The van der Waals surface area contributed by atoms with E-state index < -0.39 is 9.84 Å². The van der Waals surface area contributed by atoms with Gasteiger partial charge in [-0.05, 0) is 43.9 Å². The molecule has 2 aliphatic rings. The van der Waals surface area contributed by atoms with E-state index in [2.05, 4.69) is 0 Å². The topological polar surface area (TPSA) is 63.6 Å². The van der Waals surface area contributed by atoms with Crippen LogP contribution in [0.25, 0.3) is 0 Å². The normalized spacial score (nSPS) is 35.6. The standard InChI is InChI=1S/C13H24O4S/c1-18(15,16)12-4-2-3-11(8-12)13(14)7-10-5-6-17-9-10/h10-14H,2-9H2,1H3. The maximum absolute atomic E-state index is 11.6. The second-order valence-corrected chi connectivity index (χ2v) is 8.24. The summed E-state index contributed by atoms with van der Waals surface area (Å²) in [6.07, 6.45) is 6.02. The first-order valence-corrected chi connectivity index (χ1v) is 8.87. The van der Waals surface area contributed by atoms with Gasteiger partial charge >= 0.3 is 0 Å². The van der Waals surface area contributed by atoms with Gasteiger partial charge in [0.2, 0.25) is 0 Å². The van der Waals surface area contributed by atoms with E-state index in [9.17, 15) is 13.5 Å². The second-order valence-electron chi connectivity index (χ2n) is 5.91. The monoisotopic (exact) mass is 276 g/mol. The number of ether oxygens (including phenoxy) is 1. The van der Waals surface area contributed by atoms with Crippen LogP contribution in [0.2, 0.25) is 0 Å². The van der Waals surface area contributed by atoms with E-state index in [1.807, 2.05) is 0 Å². The van der Waals surface area contributed by atoms with Crippen molar-refractivity contribution in [3.8, 4) is 0 Å². The Balaban J connectivity index is 1.87. The van der Waals surface area contributed by atoms with Gasteiger partial charge in [0.05, 0.1) is 11.4 Å². The number of aliphatic hydroxyl groups excluding tert-OH is 1. The van der Waals surface area contributed by atoms with E-state index in [0.29, 0.717) is 12.3 Å². The Morgan fingerprint density at radius 2 is 2.11 bits per heavy atom. The highest BCUT2D eigenvalue weighted by atomic mass is 32.2. The minimum absolute atomic E-state index is 0.152. The van der Waals surface area contributed by atoms with Crippen LogP contribution in [0.4, 0.5) is 0 Å². The van der Waals surface area contributed by atoms with Crippen molar-refractivity contribution in [2.45, 2.75) is 49.9 Å². The molecule has 0 aromatic carbocycles. The van der Waals surface area contributed by atoms with Crippen molar-refractivity contribution >= 4 is 9.84 Å². The minimum atomic E-state index is -2.96. The van der Waals surface area contributed by atoms with E-state index in [4.69, 9.17) is 4.74 Å². The van der Waals surface area contributed by atoms with Crippen LogP contribution in [0, 0.1) is 11.8 Å². The first-order valence-electron chi connectivity index (χ1n) is 6.91. The average molecular weight is 276 g/mol. The third-order valence-corrected chi connectivity index (χ3v) is 6.05. The molecular formula is C13H24O4S. The first-order chi connectivity index (χ1) is 8.47. The minimum Gasteiger partial charge on any atom is -0.393 e. The van der Waals surface area contributed by atoms with Crippen molar-refractivity contribution in [1.29, 1.82) is 0 Å². The van der Waals surface area contributed by atoms with Crippen molar-refractivity contribution in [2.75, 3.05) is 19.5 Å². The molecule has 4 atom stereocenters. The molecule has 0 amide bonds. The summed E-state index contributed by atoms with van der Waals surface area (Å²) in [7, 11) is -2.96. The molecule has 0 aromatic heterocycles. The van der Waals surface area contributed by atoms with Crippen LogP contribution in [0.5, 0.6) is 0 Å². The fourth-order valence-electron chi connectivity index (χ4n) is 3.22. The highest BCUT2D eigenvalue weighted by Gasteiger charge is 2.33. The van der Waals surface area contributed by atoms with E-state index in [1.165, 1.54) is 6.26 Å². The van der Waals surface area contributed by atoms with Gasteiger partial charge in [-0.2, -0.15) is 0 Å². The van der Waals surface area contributed by atoms with Gasteiger partial charge < -0.3 is 9.84 Å². The summed E-state index contributed by atoms with van der Waals surface area (Å²) in [6, 6.07) is 0. The SMILES string of the molecule is CS(=O)(=O)C1CCCC(C(O)CC2CCOC2)C1. The molecule has 0 aromatic rings. The maximum atomic E-state index is 11.6. The molecule has 5 heteroatoms. The lowest BCUT2D eigenvalue weighted by Crippen LogP contribution is -2.34. The molecule has 106 valence electrons. The van der Waals surface area contributed by atoms with E-state index in [-0.39, 0.29) is 17.3 Å². The Kier molecular flexibility index (Phi) is 4.67. The Bertz CT molecular complexity index is 359. The number of rotatable bonds is 4. The second kappa shape index (κ2) is 5.88. The lowest BCUT2D eigenvalue weighted by atomic mass is 9.81. The summed E-state index contributed by atoms with van der Waals surface area (Å²) < 4.78 is 28.5. The fraction of sp³-hybridized carbons (Fsp3) is 1.00. The van der Waals surface area contributed by atoms with Gasteiger partial charge in [0.25, 0.3) is 0 Å². The van der Waals surface area contributed by atoms with Crippen LogP contribution >= 0.6 is 0 Å². The zero-order valence-corrected chi connectivity index (χ0v) is 11.9. The van der Waals surface area contributed by atoms with Crippen molar-refractivity contribution in [2.24, 2.45) is 11.8 Å². The molecule has 1 saturated heterocycles. The summed E-state index contributed by atoms with van der Waals surface area (Å²) in [5, 5.41) is 10.0. The Morgan fingerprint density at radius 1 is 1.33 bits per heavy atom. The van der Waals surface area contributed by atoms with Crippen LogP contribution in [0.15, 0.2) is 0 Å². The molecule has 4 nitrogen and oxygen atoms in total. The Labute approximate surface area is 110 Å². The van der Waals surface area contributed by atoms with Crippen molar-refractivity contribution in [1.82, 2.24) is 0 Å². The van der Waals surface area contributed by atoms with Gasteiger partial charge in [-0.1, -0.05) is 6.42 Å². The van der Waals surface area contributed by atoms with Crippen LogP contribution in [-0.4, -0.2) is 44.3 Å². The largest absolute Gasteiger partial charge is 0.393 e. The van der Waals surface area contributed by atoms with Gasteiger partial charge in [0.1, 0.15) is 9.84 Å².